The highest BCUT2D eigenvalue weighted by Gasteiger charge is 2.38. The maximum absolute atomic E-state index is 12.8. The van der Waals surface area contributed by atoms with E-state index in [0.29, 0.717) is 18.6 Å². The minimum Gasteiger partial charge on any atom is -0.342 e. The third-order valence-electron chi connectivity index (χ3n) is 5.25. The molecule has 0 spiro atoms. The SMILES string of the molecule is CCC(CC)(CN)C(=O)N(C)[C@@H]1CCN(C)[C@H](C)C1. The Labute approximate surface area is 118 Å². The summed E-state index contributed by atoms with van der Waals surface area (Å²) in [5, 5.41) is 0. The van der Waals surface area contributed by atoms with Gasteiger partial charge in [-0.3, -0.25) is 4.79 Å². The van der Waals surface area contributed by atoms with Gasteiger partial charge in [-0.05, 0) is 39.7 Å². The molecule has 4 heteroatoms. The first-order chi connectivity index (χ1) is 8.91. The number of likely N-dealkylation sites (tertiary alicyclic amines) is 1. The molecule has 0 aromatic rings. The molecule has 19 heavy (non-hydrogen) atoms. The molecule has 0 unspecified atom stereocenters. The van der Waals surface area contributed by atoms with Crippen molar-refractivity contribution in [2.24, 2.45) is 11.1 Å². The van der Waals surface area contributed by atoms with E-state index in [1.165, 1.54) is 0 Å². The Kier molecular flexibility index (Phi) is 5.81. The second-order valence-electron chi connectivity index (χ2n) is 6.12. The molecule has 112 valence electrons. The highest BCUT2D eigenvalue weighted by Crippen LogP contribution is 2.30. The molecule has 2 atom stereocenters. The first-order valence-corrected chi connectivity index (χ1v) is 7.59. The zero-order chi connectivity index (χ0) is 14.6. The van der Waals surface area contributed by atoms with Crippen molar-refractivity contribution in [3.05, 3.63) is 0 Å². The summed E-state index contributed by atoms with van der Waals surface area (Å²) >= 11 is 0. The maximum atomic E-state index is 12.8. The molecule has 4 nitrogen and oxygen atoms in total. The van der Waals surface area contributed by atoms with E-state index in [1.54, 1.807) is 0 Å². The van der Waals surface area contributed by atoms with Crippen molar-refractivity contribution in [2.45, 2.75) is 58.5 Å². The molecule has 0 aromatic carbocycles. The van der Waals surface area contributed by atoms with Crippen molar-refractivity contribution in [1.29, 1.82) is 0 Å². The average molecular weight is 269 g/mol. The van der Waals surface area contributed by atoms with Crippen molar-refractivity contribution in [3.8, 4) is 0 Å². The summed E-state index contributed by atoms with van der Waals surface area (Å²) in [6.07, 6.45) is 3.78. The average Bonchev–Trinajstić information content (AvgIpc) is 2.43. The second kappa shape index (κ2) is 6.71. The molecule has 1 aliphatic heterocycles. The lowest BCUT2D eigenvalue weighted by molar-refractivity contribution is -0.144. The highest BCUT2D eigenvalue weighted by molar-refractivity contribution is 5.83. The van der Waals surface area contributed by atoms with Crippen LogP contribution in [-0.4, -0.2) is 55.0 Å². The Hall–Kier alpha value is -0.610. The summed E-state index contributed by atoms with van der Waals surface area (Å²) in [5.74, 6) is 0.238. The minimum atomic E-state index is -0.360. The van der Waals surface area contributed by atoms with Crippen LogP contribution < -0.4 is 5.73 Å². The van der Waals surface area contributed by atoms with Crippen molar-refractivity contribution in [3.63, 3.8) is 0 Å². The minimum absolute atomic E-state index is 0.238. The van der Waals surface area contributed by atoms with Crippen LogP contribution in [-0.2, 0) is 4.79 Å². The Morgan fingerprint density at radius 3 is 2.42 bits per heavy atom. The molecular weight excluding hydrogens is 238 g/mol. The van der Waals surface area contributed by atoms with Gasteiger partial charge in [-0.2, -0.15) is 0 Å². The number of rotatable bonds is 5. The van der Waals surface area contributed by atoms with E-state index in [4.69, 9.17) is 5.73 Å². The Bertz CT molecular complexity index is 294. The van der Waals surface area contributed by atoms with E-state index in [9.17, 15) is 4.79 Å². The van der Waals surface area contributed by atoms with E-state index in [-0.39, 0.29) is 11.3 Å². The fourth-order valence-electron chi connectivity index (χ4n) is 3.08. The zero-order valence-electron chi connectivity index (χ0n) is 13.3. The summed E-state index contributed by atoms with van der Waals surface area (Å²) in [5.41, 5.74) is 5.53. The number of piperidine rings is 1. The number of hydrogen-bond acceptors (Lipinski definition) is 3. The van der Waals surface area contributed by atoms with Crippen LogP contribution in [0.25, 0.3) is 0 Å². The van der Waals surface area contributed by atoms with Gasteiger partial charge in [0.2, 0.25) is 5.91 Å². The molecular formula is C15H31N3O. The summed E-state index contributed by atoms with van der Waals surface area (Å²) in [7, 11) is 4.12. The maximum Gasteiger partial charge on any atom is 0.230 e. The van der Waals surface area contributed by atoms with Crippen LogP contribution in [0, 0.1) is 5.41 Å². The standard InChI is InChI=1S/C15H31N3O/c1-6-15(7-2,11-16)14(19)18(5)13-8-9-17(4)12(3)10-13/h12-13H,6-11,16H2,1-5H3/t12-,13-/m1/s1. The van der Waals surface area contributed by atoms with Crippen LogP contribution in [0.2, 0.25) is 0 Å². The Balaban J connectivity index is 2.76. The predicted octanol–water partition coefficient (Wildman–Crippen LogP) is 1.69. The molecule has 0 radical (unpaired) electrons. The molecule has 0 aliphatic carbocycles. The van der Waals surface area contributed by atoms with Gasteiger partial charge in [0.1, 0.15) is 0 Å². The van der Waals surface area contributed by atoms with E-state index in [2.05, 4.69) is 32.7 Å². The van der Waals surface area contributed by atoms with Gasteiger partial charge >= 0.3 is 0 Å². The fourth-order valence-corrected chi connectivity index (χ4v) is 3.08. The summed E-state index contributed by atoms with van der Waals surface area (Å²) in [6, 6.07) is 0.909. The molecule has 2 N–H and O–H groups in total. The van der Waals surface area contributed by atoms with Gasteiger partial charge < -0.3 is 15.5 Å². The zero-order valence-corrected chi connectivity index (χ0v) is 13.3. The van der Waals surface area contributed by atoms with Crippen molar-refractivity contribution in [2.75, 3.05) is 27.2 Å². The largest absolute Gasteiger partial charge is 0.342 e. The van der Waals surface area contributed by atoms with Gasteiger partial charge in [0, 0.05) is 32.2 Å². The lowest BCUT2D eigenvalue weighted by Gasteiger charge is -2.42. The number of amides is 1. The molecule has 1 aliphatic rings. The summed E-state index contributed by atoms with van der Waals surface area (Å²) < 4.78 is 0. The normalized spacial score (nSPS) is 25.4. The van der Waals surface area contributed by atoms with Gasteiger partial charge in [-0.1, -0.05) is 13.8 Å². The molecule has 1 saturated heterocycles. The van der Waals surface area contributed by atoms with E-state index in [0.717, 1.165) is 32.2 Å². The van der Waals surface area contributed by atoms with E-state index in [1.807, 2.05) is 11.9 Å². The smallest absolute Gasteiger partial charge is 0.230 e. The van der Waals surface area contributed by atoms with Crippen LogP contribution in [0.15, 0.2) is 0 Å². The predicted molar refractivity (Wildman–Crippen MR) is 80.0 cm³/mol. The molecule has 0 aromatic heterocycles. The van der Waals surface area contributed by atoms with Gasteiger partial charge in [0.25, 0.3) is 0 Å². The number of hydrogen-bond donors (Lipinski definition) is 1. The summed E-state index contributed by atoms with van der Waals surface area (Å²) in [6.45, 7) is 7.89. The molecule has 1 amide bonds. The topological polar surface area (TPSA) is 49.6 Å². The molecule has 0 bridgehead atoms. The first kappa shape index (κ1) is 16.4. The molecule has 1 fully saturated rings. The van der Waals surface area contributed by atoms with Gasteiger partial charge in [-0.15, -0.1) is 0 Å². The third kappa shape index (κ3) is 3.29. The molecule has 1 rings (SSSR count). The number of nitrogens with zero attached hydrogens (tertiary/aromatic N) is 2. The highest BCUT2D eigenvalue weighted by atomic mass is 16.2. The lowest BCUT2D eigenvalue weighted by atomic mass is 9.80. The van der Waals surface area contributed by atoms with Crippen molar-refractivity contribution in [1.82, 2.24) is 9.80 Å². The van der Waals surface area contributed by atoms with Crippen LogP contribution in [0.4, 0.5) is 0 Å². The Morgan fingerprint density at radius 1 is 1.42 bits per heavy atom. The van der Waals surface area contributed by atoms with Gasteiger partial charge in [0.05, 0.1) is 5.41 Å². The van der Waals surface area contributed by atoms with E-state index >= 15 is 0 Å². The number of carbonyl (C=O) groups excluding carboxylic acids is 1. The number of nitrogens with two attached hydrogens (primary N) is 1. The van der Waals surface area contributed by atoms with Gasteiger partial charge in [-0.25, -0.2) is 0 Å². The third-order valence-corrected chi connectivity index (χ3v) is 5.25. The fraction of sp³-hybridized carbons (Fsp3) is 0.933. The van der Waals surface area contributed by atoms with Crippen LogP contribution >= 0.6 is 0 Å². The van der Waals surface area contributed by atoms with Crippen LogP contribution in [0.3, 0.4) is 0 Å². The number of carbonyl (C=O) groups is 1. The quantitative estimate of drug-likeness (QED) is 0.826. The van der Waals surface area contributed by atoms with Gasteiger partial charge in [0.15, 0.2) is 0 Å². The Morgan fingerprint density at radius 2 is 2.00 bits per heavy atom. The van der Waals surface area contributed by atoms with Crippen LogP contribution in [0.5, 0.6) is 0 Å². The summed E-state index contributed by atoms with van der Waals surface area (Å²) in [4.78, 5) is 17.1. The van der Waals surface area contributed by atoms with Crippen LogP contribution in [0.1, 0.15) is 46.5 Å². The van der Waals surface area contributed by atoms with E-state index < -0.39 is 0 Å². The monoisotopic (exact) mass is 269 g/mol. The molecule has 0 saturated carbocycles. The van der Waals surface area contributed by atoms with Crippen molar-refractivity contribution >= 4 is 5.91 Å². The van der Waals surface area contributed by atoms with Crippen molar-refractivity contribution < 1.29 is 4.79 Å². The second-order valence-corrected chi connectivity index (χ2v) is 6.12. The molecule has 1 heterocycles. The first-order valence-electron chi connectivity index (χ1n) is 7.59. The lowest BCUT2D eigenvalue weighted by Crippen LogP contribution is -2.53.